The Labute approximate surface area is 154 Å². The molecule has 0 bridgehead atoms. The summed E-state index contributed by atoms with van der Waals surface area (Å²) in [7, 11) is 1.46. The summed E-state index contributed by atoms with van der Waals surface area (Å²) < 4.78 is 10.6. The van der Waals surface area contributed by atoms with E-state index in [2.05, 4.69) is 17.1 Å². The summed E-state index contributed by atoms with van der Waals surface area (Å²) in [5, 5.41) is 14.6. The van der Waals surface area contributed by atoms with Crippen molar-refractivity contribution in [2.45, 2.75) is 6.42 Å². The maximum atomic E-state index is 11.9. The molecule has 0 aliphatic carbocycles. The van der Waals surface area contributed by atoms with Crippen LogP contribution in [0, 0.1) is 0 Å². The molecule has 1 amide bonds. The molecule has 1 aromatic carbocycles. The third kappa shape index (κ3) is 5.18. The van der Waals surface area contributed by atoms with E-state index >= 15 is 0 Å². The molecule has 2 aromatic rings. The van der Waals surface area contributed by atoms with Gasteiger partial charge in [-0.15, -0.1) is 17.9 Å². The van der Waals surface area contributed by atoms with E-state index in [4.69, 9.17) is 14.6 Å². The number of nitrogens with one attached hydrogen (secondary N) is 1. The Hall–Kier alpha value is -3.13. The number of carboxylic acids is 1. The first kappa shape index (κ1) is 19.2. The second kappa shape index (κ2) is 9.38. The van der Waals surface area contributed by atoms with Gasteiger partial charge >= 0.3 is 5.97 Å². The number of hydrogen-bond acceptors (Lipinski definition) is 6. The molecule has 2 rings (SSSR count). The van der Waals surface area contributed by atoms with Crippen LogP contribution in [-0.2, 0) is 11.2 Å². The van der Waals surface area contributed by atoms with Gasteiger partial charge in [-0.1, -0.05) is 12.1 Å². The van der Waals surface area contributed by atoms with Gasteiger partial charge in [0.25, 0.3) is 5.91 Å². The number of carbonyl (C=O) groups excluding carboxylic acids is 1. The maximum Gasteiger partial charge on any atom is 0.341 e. The zero-order valence-corrected chi connectivity index (χ0v) is 14.9. The van der Waals surface area contributed by atoms with Gasteiger partial charge in [0.1, 0.15) is 0 Å². The molecule has 8 heteroatoms. The van der Waals surface area contributed by atoms with Crippen LogP contribution in [0.4, 0.5) is 0 Å². The highest BCUT2D eigenvalue weighted by Gasteiger charge is 2.14. The van der Waals surface area contributed by atoms with Crippen LogP contribution in [0.3, 0.4) is 0 Å². The van der Waals surface area contributed by atoms with E-state index in [9.17, 15) is 9.59 Å². The van der Waals surface area contributed by atoms with Crippen LogP contribution in [-0.4, -0.2) is 36.9 Å². The quantitative estimate of drug-likeness (QED) is 0.400. The van der Waals surface area contributed by atoms with E-state index in [1.165, 1.54) is 24.7 Å². The van der Waals surface area contributed by atoms with Crippen molar-refractivity contribution in [1.29, 1.82) is 0 Å². The zero-order valence-electron chi connectivity index (χ0n) is 14.1. The summed E-state index contributed by atoms with van der Waals surface area (Å²) in [6, 6.07) is 6.90. The molecule has 7 nitrogen and oxygen atoms in total. The van der Waals surface area contributed by atoms with Crippen molar-refractivity contribution in [2.24, 2.45) is 5.10 Å². The molecule has 0 fully saturated rings. The summed E-state index contributed by atoms with van der Waals surface area (Å²) in [5.74, 6) is -0.666. The normalized spacial score (nSPS) is 10.5. The van der Waals surface area contributed by atoms with Crippen LogP contribution >= 0.6 is 11.3 Å². The Kier molecular flexibility index (Phi) is 6.92. The minimum absolute atomic E-state index is 0.295. The molecule has 136 valence electrons. The minimum Gasteiger partial charge on any atom is -0.493 e. The lowest BCUT2D eigenvalue weighted by Crippen LogP contribution is -2.16. The molecule has 0 saturated heterocycles. The van der Waals surface area contributed by atoms with E-state index in [-0.39, 0.29) is 5.91 Å². The van der Waals surface area contributed by atoms with Crippen LogP contribution in [0.1, 0.15) is 20.8 Å². The van der Waals surface area contributed by atoms with Crippen LogP contribution in [0.2, 0.25) is 0 Å². The van der Waals surface area contributed by atoms with Crippen molar-refractivity contribution in [3.05, 3.63) is 58.3 Å². The van der Waals surface area contributed by atoms with E-state index < -0.39 is 12.6 Å². The summed E-state index contributed by atoms with van der Waals surface area (Å²) >= 11 is 1.32. The number of hydrogen-bond donors (Lipinski definition) is 2. The second-order valence-electron chi connectivity index (χ2n) is 5.06. The average Bonchev–Trinajstić information content (AvgIpc) is 3.15. The molecule has 1 aromatic heterocycles. The lowest BCUT2D eigenvalue weighted by atomic mass is 10.1. The fourth-order valence-electron chi connectivity index (χ4n) is 2.14. The first-order valence-corrected chi connectivity index (χ1v) is 8.46. The van der Waals surface area contributed by atoms with Gasteiger partial charge in [-0.25, -0.2) is 10.2 Å². The monoisotopic (exact) mass is 374 g/mol. The highest BCUT2D eigenvalue weighted by molar-refractivity contribution is 7.12. The van der Waals surface area contributed by atoms with Gasteiger partial charge in [-0.3, -0.25) is 4.79 Å². The smallest absolute Gasteiger partial charge is 0.341 e. The predicted octanol–water partition coefficient (Wildman–Crippen LogP) is 2.71. The molecule has 0 aliphatic heterocycles. The minimum atomic E-state index is -1.08. The Morgan fingerprint density at radius 3 is 2.85 bits per heavy atom. The van der Waals surface area contributed by atoms with Crippen molar-refractivity contribution in [3.63, 3.8) is 0 Å². The third-order valence-corrected chi connectivity index (χ3v) is 4.07. The van der Waals surface area contributed by atoms with Crippen molar-refractivity contribution in [1.82, 2.24) is 5.43 Å². The van der Waals surface area contributed by atoms with Gasteiger partial charge in [0.05, 0.1) is 18.2 Å². The molecule has 0 radical (unpaired) electrons. The molecule has 0 aliphatic rings. The summed E-state index contributed by atoms with van der Waals surface area (Å²) in [6.45, 7) is 3.21. The van der Waals surface area contributed by atoms with Gasteiger partial charge < -0.3 is 14.6 Å². The number of carboxylic acid groups (broad SMARTS) is 1. The Morgan fingerprint density at radius 1 is 1.42 bits per heavy atom. The number of rotatable bonds is 9. The number of amides is 1. The topological polar surface area (TPSA) is 97.2 Å². The molecule has 26 heavy (non-hydrogen) atoms. The largest absolute Gasteiger partial charge is 0.493 e. The summed E-state index contributed by atoms with van der Waals surface area (Å²) in [6.07, 6.45) is 3.60. The van der Waals surface area contributed by atoms with Gasteiger partial charge in [-0.2, -0.15) is 5.10 Å². The maximum absolute atomic E-state index is 11.9. The van der Waals surface area contributed by atoms with Gasteiger partial charge in [-0.05, 0) is 35.6 Å². The molecule has 0 unspecified atom stereocenters. The number of thiophene rings is 1. The number of carbonyl (C=O) groups is 2. The van der Waals surface area contributed by atoms with Gasteiger partial charge in [0.15, 0.2) is 18.1 Å². The van der Waals surface area contributed by atoms with Crippen molar-refractivity contribution >= 4 is 29.4 Å². The van der Waals surface area contributed by atoms with Crippen molar-refractivity contribution in [3.8, 4) is 11.5 Å². The van der Waals surface area contributed by atoms with Crippen LogP contribution in [0.15, 0.2) is 47.4 Å². The highest BCUT2D eigenvalue weighted by atomic mass is 32.1. The Morgan fingerprint density at radius 2 is 2.23 bits per heavy atom. The second-order valence-corrected chi connectivity index (χ2v) is 6.01. The van der Waals surface area contributed by atoms with Crippen molar-refractivity contribution in [2.75, 3.05) is 13.7 Å². The number of ether oxygens (including phenoxy) is 2. The Bertz CT molecular complexity index is 815. The lowest BCUT2D eigenvalue weighted by molar-refractivity contribution is -0.139. The first-order valence-electron chi connectivity index (χ1n) is 7.58. The Balaban J connectivity index is 2.21. The molecule has 0 saturated carbocycles. The number of nitrogens with zero attached hydrogens (tertiary/aromatic N) is 1. The molecular weight excluding hydrogens is 356 g/mol. The van der Waals surface area contributed by atoms with Crippen molar-refractivity contribution < 1.29 is 24.2 Å². The number of allylic oxidation sites excluding steroid dienone is 1. The molecule has 0 atom stereocenters. The summed E-state index contributed by atoms with van der Waals surface area (Å²) in [5.41, 5.74) is 3.81. The summed E-state index contributed by atoms with van der Waals surface area (Å²) in [4.78, 5) is 23.2. The zero-order chi connectivity index (χ0) is 18.9. The van der Waals surface area contributed by atoms with E-state index in [0.29, 0.717) is 33.9 Å². The van der Waals surface area contributed by atoms with E-state index in [0.717, 1.165) is 0 Å². The predicted molar refractivity (Wildman–Crippen MR) is 99.4 cm³/mol. The van der Waals surface area contributed by atoms with E-state index in [1.54, 1.807) is 35.7 Å². The molecule has 2 N–H and O–H groups in total. The van der Waals surface area contributed by atoms with Crippen LogP contribution < -0.4 is 14.9 Å². The van der Waals surface area contributed by atoms with Gasteiger partial charge in [0.2, 0.25) is 0 Å². The van der Waals surface area contributed by atoms with Gasteiger partial charge in [0, 0.05) is 5.56 Å². The third-order valence-electron chi connectivity index (χ3n) is 3.20. The lowest BCUT2D eigenvalue weighted by Gasteiger charge is -2.14. The van der Waals surface area contributed by atoms with Crippen LogP contribution in [0.25, 0.3) is 0 Å². The fraction of sp³-hybridized carbons (Fsp3) is 0.167. The first-order chi connectivity index (χ1) is 12.5. The van der Waals surface area contributed by atoms with Crippen LogP contribution in [0.5, 0.6) is 11.5 Å². The highest BCUT2D eigenvalue weighted by Crippen LogP contribution is 2.33. The number of methoxy groups -OCH3 is 1. The average molecular weight is 374 g/mol. The fourth-order valence-corrected chi connectivity index (χ4v) is 2.76. The van der Waals surface area contributed by atoms with E-state index in [1.807, 2.05) is 0 Å². The number of hydrazone groups is 1. The molecule has 0 spiro atoms. The molecular formula is C18H18N2O5S. The number of benzene rings is 1. The standard InChI is InChI=1S/C18H18N2O5S/c1-3-5-13-8-12(9-14(24-2)17(13)25-11-16(21)22)10-19-20-18(23)15-6-4-7-26-15/h3-4,6-10H,1,5,11H2,2H3,(H,20,23)(H,21,22)/b19-10-. The SMILES string of the molecule is C=CCc1cc(/C=N\NC(=O)c2cccs2)cc(OC)c1OCC(=O)O. The molecule has 1 heterocycles. The number of aliphatic carboxylic acids is 1.